The Morgan fingerprint density at radius 3 is 2.43 bits per heavy atom. The maximum atomic E-state index is 12.1. The van der Waals surface area contributed by atoms with E-state index >= 15 is 0 Å². The third-order valence-electron chi connectivity index (χ3n) is 4.08. The van der Waals surface area contributed by atoms with Crippen molar-refractivity contribution in [1.29, 1.82) is 0 Å². The van der Waals surface area contributed by atoms with Gasteiger partial charge in [-0.1, -0.05) is 42.7 Å². The number of anilines is 1. The van der Waals surface area contributed by atoms with E-state index in [-0.39, 0.29) is 18.0 Å². The molecule has 0 saturated carbocycles. The molecule has 0 saturated heterocycles. The van der Waals surface area contributed by atoms with Gasteiger partial charge in [0, 0.05) is 16.6 Å². The Morgan fingerprint density at radius 2 is 1.91 bits per heavy atom. The fraction of sp³-hybridized carbons (Fsp3) is 0.412. The largest absolute Gasteiger partial charge is 0.338 e. The Kier molecular flexibility index (Phi) is 5.80. The first-order valence-electron chi connectivity index (χ1n) is 7.73. The van der Waals surface area contributed by atoms with Gasteiger partial charge in [-0.15, -0.1) is 0 Å². The molecule has 2 N–H and O–H groups in total. The van der Waals surface area contributed by atoms with E-state index in [1.807, 2.05) is 24.3 Å². The molecule has 0 aliphatic rings. The summed E-state index contributed by atoms with van der Waals surface area (Å²) in [5, 5.41) is 10.5. The van der Waals surface area contributed by atoms with Gasteiger partial charge in [-0.25, -0.2) is 0 Å². The van der Waals surface area contributed by atoms with E-state index < -0.39 is 0 Å². The summed E-state index contributed by atoms with van der Waals surface area (Å²) in [6.07, 6.45) is 1.72. The number of benzene rings is 1. The van der Waals surface area contributed by atoms with Crippen LogP contribution < -0.4 is 10.6 Å². The number of nitrogens with zero attached hydrogens (tertiary/aromatic N) is 1. The molecule has 124 valence electrons. The standard InChI is InChI=1S/C17H22ClN3O2/c1-4-17(5-2,13-6-8-14(18)9-7-13)19-11-15(22)20-16-10-12(3)21-23-16/h6-10,19H,4-5,11H2,1-3H3,(H,20,22). The lowest BCUT2D eigenvalue weighted by Gasteiger charge is -2.33. The Hall–Kier alpha value is -1.85. The van der Waals surface area contributed by atoms with Crippen molar-refractivity contribution in [3.63, 3.8) is 0 Å². The third kappa shape index (κ3) is 4.33. The van der Waals surface area contributed by atoms with Crippen LogP contribution in [0, 0.1) is 6.92 Å². The monoisotopic (exact) mass is 335 g/mol. The summed E-state index contributed by atoms with van der Waals surface area (Å²) >= 11 is 5.97. The summed E-state index contributed by atoms with van der Waals surface area (Å²) in [5.74, 6) is 0.195. The molecule has 2 aromatic rings. The summed E-state index contributed by atoms with van der Waals surface area (Å²) in [5.41, 5.74) is 1.58. The van der Waals surface area contributed by atoms with Gasteiger partial charge in [-0.2, -0.15) is 0 Å². The highest BCUT2D eigenvalue weighted by Gasteiger charge is 2.28. The van der Waals surface area contributed by atoms with Crippen LogP contribution >= 0.6 is 11.6 Å². The van der Waals surface area contributed by atoms with Gasteiger partial charge in [0.15, 0.2) is 0 Å². The van der Waals surface area contributed by atoms with E-state index in [1.54, 1.807) is 13.0 Å². The molecule has 0 radical (unpaired) electrons. The number of carbonyl (C=O) groups excluding carboxylic acids is 1. The second-order valence-electron chi connectivity index (χ2n) is 5.53. The zero-order valence-electron chi connectivity index (χ0n) is 13.6. The molecule has 0 fully saturated rings. The summed E-state index contributed by atoms with van der Waals surface area (Å²) in [4.78, 5) is 12.1. The highest BCUT2D eigenvalue weighted by atomic mass is 35.5. The normalized spacial score (nSPS) is 11.5. The van der Waals surface area contributed by atoms with Crippen molar-refractivity contribution in [2.45, 2.75) is 39.2 Å². The lowest BCUT2D eigenvalue weighted by atomic mass is 9.84. The second-order valence-corrected chi connectivity index (χ2v) is 5.97. The Bertz CT molecular complexity index is 648. The minimum Gasteiger partial charge on any atom is -0.338 e. The number of aromatic nitrogens is 1. The third-order valence-corrected chi connectivity index (χ3v) is 4.33. The molecule has 0 aliphatic carbocycles. The molecule has 0 atom stereocenters. The van der Waals surface area contributed by atoms with Crippen molar-refractivity contribution < 1.29 is 9.32 Å². The lowest BCUT2D eigenvalue weighted by Crippen LogP contribution is -2.45. The highest BCUT2D eigenvalue weighted by Crippen LogP contribution is 2.29. The van der Waals surface area contributed by atoms with Crippen molar-refractivity contribution in [3.05, 3.63) is 46.6 Å². The number of aryl methyl sites for hydroxylation is 1. The zero-order chi connectivity index (χ0) is 16.9. The molecule has 5 nitrogen and oxygen atoms in total. The van der Waals surface area contributed by atoms with Gasteiger partial charge in [-0.05, 0) is 37.5 Å². The topological polar surface area (TPSA) is 67.2 Å². The van der Waals surface area contributed by atoms with Crippen LogP contribution in [0.2, 0.25) is 5.02 Å². The molecule has 0 unspecified atom stereocenters. The number of hydrogen-bond donors (Lipinski definition) is 2. The SMILES string of the molecule is CCC(CC)(NCC(=O)Nc1cc(C)no1)c1ccc(Cl)cc1. The second kappa shape index (κ2) is 7.62. The average molecular weight is 336 g/mol. The molecule has 2 rings (SSSR count). The number of nitrogens with one attached hydrogen (secondary N) is 2. The average Bonchev–Trinajstić information content (AvgIpc) is 2.95. The molecule has 23 heavy (non-hydrogen) atoms. The van der Waals surface area contributed by atoms with Gasteiger partial charge in [0.05, 0.1) is 12.2 Å². The van der Waals surface area contributed by atoms with Crippen LogP contribution in [0.5, 0.6) is 0 Å². The molecule has 1 amide bonds. The maximum Gasteiger partial charge on any atom is 0.240 e. The summed E-state index contributed by atoms with van der Waals surface area (Å²) in [7, 11) is 0. The number of rotatable bonds is 7. The van der Waals surface area contributed by atoms with Gasteiger partial charge in [0.2, 0.25) is 11.8 Å². The predicted molar refractivity (Wildman–Crippen MR) is 91.6 cm³/mol. The number of hydrogen-bond acceptors (Lipinski definition) is 4. The molecular formula is C17H22ClN3O2. The van der Waals surface area contributed by atoms with Gasteiger partial charge in [-0.3, -0.25) is 15.4 Å². The molecule has 1 aromatic carbocycles. The smallest absolute Gasteiger partial charge is 0.240 e. The van der Waals surface area contributed by atoms with E-state index in [0.29, 0.717) is 10.9 Å². The number of halogens is 1. The van der Waals surface area contributed by atoms with Crippen LogP contribution in [0.15, 0.2) is 34.9 Å². The number of carbonyl (C=O) groups is 1. The fourth-order valence-corrected chi connectivity index (χ4v) is 2.76. The predicted octanol–water partition coefficient (Wildman–Crippen LogP) is 3.88. The van der Waals surface area contributed by atoms with Crippen molar-refractivity contribution in [2.24, 2.45) is 0 Å². The minimum absolute atomic E-state index is 0.165. The summed E-state index contributed by atoms with van der Waals surface area (Å²) < 4.78 is 4.99. The zero-order valence-corrected chi connectivity index (χ0v) is 14.4. The fourth-order valence-electron chi connectivity index (χ4n) is 2.63. The molecule has 0 bridgehead atoms. The van der Waals surface area contributed by atoms with Crippen molar-refractivity contribution >= 4 is 23.4 Å². The Balaban J connectivity index is 2.04. The highest BCUT2D eigenvalue weighted by molar-refractivity contribution is 6.30. The van der Waals surface area contributed by atoms with E-state index in [1.165, 1.54) is 0 Å². The van der Waals surface area contributed by atoms with E-state index in [4.69, 9.17) is 16.1 Å². The van der Waals surface area contributed by atoms with Crippen molar-refractivity contribution in [2.75, 3.05) is 11.9 Å². The van der Waals surface area contributed by atoms with Gasteiger partial charge in [0.25, 0.3) is 0 Å². The first-order chi connectivity index (χ1) is 11.0. The van der Waals surface area contributed by atoms with Crippen LogP contribution in [0.1, 0.15) is 37.9 Å². The van der Waals surface area contributed by atoms with Crippen LogP contribution in [0.4, 0.5) is 5.88 Å². The first-order valence-corrected chi connectivity index (χ1v) is 8.11. The Morgan fingerprint density at radius 1 is 1.26 bits per heavy atom. The van der Waals surface area contributed by atoms with Gasteiger partial charge < -0.3 is 4.52 Å². The van der Waals surface area contributed by atoms with Crippen LogP contribution in [0.3, 0.4) is 0 Å². The van der Waals surface area contributed by atoms with Gasteiger partial charge in [0.1, 0.15) is 0 Å². The van der Waals surface area contributed by atoms with E-state index in [9.17, 15) is 4.79 Å². The summed E-state index contributed by atoms with van der Waals surface area (Å²) in [6, 6.07) is 9.43. The molecular weight excluding hydrogens is 314 g/mol. The van der Waals surface area contributed by atoms with Crippen molar-refractivity contribution in [3.8, 4) is 0 Å². The molecule has 6 heteroatoms. The van der Waals surface area contributed by atoms with Crippen LogP contribution in [-0.4, -0.2) is 17.6 Å². The first kappa shape index (κ1) is 17.5. The molecule has 0 spiro atoms. The van der Waals surface area contributed by atoms with E-state index in [0.717, 1.165) is 24.1 Å². The van der Waals surface area contributed by atoms with Crippen LogP contribution in [0.25, 0.3) is 0 Å². The molecule has 1 heterocycles. The number of amides is 1. The summed E-state index contributed by atoms with van der Waals surface area (Å²) in [6.45, 7) is 6.19. The molecule has 1 aromatic heterocycles. The minimum atomic E-state index is -0.265. The maximum absolute atomic E-state index is 12.1. The van der Waals surface area contributed by atoms with Gasteiger partial charge >= 0.3 is 0 Å². The quantitative estimate of drug-likeness (QED) is 0.805. The lowest BCUT2D eigenvalue weighted by molar-refractivity contribution is -0.115. The van der Waals surface area contributed by atoms with E-state index in [2.05, 4.69) is 29.6 Å². The van der Waals surface area contributed by atoms with Crippen LogP contribution in [-0.2, 0) is 10.3 Å². The Labute approximate surface area is 141 Å². The molecule has 0 aliphatic heterocycles. The van der Waals surface area contributed by atoms with Crippen molar-refractivity contribution in [1.82, 2.24) is 10.5 Å².